The van der Waals surface area contributed by atoms with Crippen LogP contribution < -0.4 is 4.74 Å². The highest BCUT2D eigenvalue weighted by atomic mass is 35.5. The van der Waals surface area contributed by atoms with Crippen molar-refractivity contribution in [2.24, 2.45) is 5.92 Å². The van der Waals surface area contributed by atoms with Crippen molar-refractivity contribution in [2.75, 3.05) is 7.11 Å². The zero-order valence-electron chi connectivity index (χ0n) is 11.7. The maximum absolute atomic E-state index is 5.98. The van der Waals surface area contributed by atoms with Crippen molar-refractivity contribution in [3.05, 3.63) is 39.6 Å². The Hall–Kier alpha value is -1.39. The Balaban J connectivity index is 2.52. The monoisotopic (exact) mass is 308 g/mol. The molecule has 3 nitrogen and oxygen atoms in total. The van der Waals surface area contributed by atoms with E-state index < -0.39 is 0 Å². The summed E-state index contributed by atoms with van der Waals surface area (Å²) in [5.74, 6) is 1.93. The predicted octanol–water partition coefficient (Wildman–Crippen LogP) is 4.67. The lowest BCUT2D eigenvalue weighted by Crippen LogP contribution is -2.01. The van der Waals surface area contributed by atoms with Gasteiger partial charge in [-0.1, -0.05) is 37.7 Å². The van der Waals surface area contributed by atoms with Gasteiger partial charge in [-0.05, 0) is 36.6 Å². The first kappa shape index (κ1) is 15.0. The summed E-state index contributed by atoms with van der Waals surface area (Å²) in [6.45, 7) is 4.33. The van der Waals surface area contributed by atoms with E-state index >= 15 is 0 Å². The zero-order chi connectivity index (χ0) is 14.7. The van der Waals surface area contributed by atoms with Crippen LogP contribution in [0.4, 0.5) is 0 Å². The Kier molecular flexibility index (Phi) is 4.78. The molecule has 0 fully saturated rings. The second-order valence-electron chi connectivity index (χ2n) is 5.04. The molecule has 0 spiro atoms. The molecule has 5 heteroatoms. The molecule has 0 atom stereocenters. The highest BCUT2D eigenvalue weighted by Crippen LogP contribution is 2.30. The summed E-state index contributed by atoms with van der Waals surface area (Å²) in [6, 6.07) is 7.37. The lowest BCUT2D eigenvalue weighted by Gasteiger charge is -2.11. The third-order valence-corrected chi connectivity index (χ3v) is 3.29. The van der Waals surface area contributed by atoms with E-state index in [1.165, 1.54) is 0 Å². The van der Waals surface area contributed by atoms with Gasteiger partial charge in [0.05, 0.1) is 12.7 Å². The Morgan fingerprint density at radius 1 is 1.35 bits per heavy atom. The van der Waals surface area contributed by atoms with Crippen molar-refractivity contribution in [2.45, 2.75) is 20.3 Å². The fraction of sp³-hybridized carbons (Fsp3) is 0.333. The van der Waals surface area contributed by atoms with Crippen molar-refractivity contribution < 1.29 is 4.74 Å². The predicted molar refractivity (Wildman–Crippen MR) is 85.0 cm³/mol. The second-order valence-corrected chi connectivity index (χ2v) is 5.89. The van der Waals surface area contributed by atoms with Crippen LogP contribution in [0.25, 0.3) is 11.4 Å². The molecular formula is C15H17ClN2OS. The molecular weight excluding hydrogens is 292 g/mol. The van der Waals surface area contributed by atoms with Gasteiger partial charge < -0.3 is 9.72 Å². The number of benzene rings is 1. The number of hydrogen-bond acceptors (Lipinski definition) is 3. The number of nitrogens with zero attached hydrogens (tertiary/aromatic N) is 1. The summed E-state index contributed by atoms with van der Waals surface area (Å²) >= 11 is 11.2. The van der Waals surface area contributed by atoms with Gasteiger partial charge in [-0.2, -0.15) is 0 Å². The number of aromatic nitrogens is 2. The molecule has 1 heterocycles. The van der Waals surface area contributed by atoms with E-state index in [2.05, 4.69) is 23.8 Å². The average Bonchev–Trinajstić information content (AvgIpc) is 2.36. The maximum atomic E-state index is 5.98. The van der Waals surface area contributed by atoms with E-state index in [1.807, 2.05) is 18.2 Å². The molecule has 0 aliphatic rings. The number of ether oxygens (including phenoxy) is 1. The van der Waals surface area contributed by atoms with Gasteiger partial charge in [0.25, 0.3) is 0 Å². The molecule has 0 bridgehead atoms. The van der Waals surface area contributed by atoms with Crippen LogP contribution in [0.3, 0.4) is 0 Å². The standard InChI is InChI=1S/C15H17ClN2OS/c1-9(2)6-11-8-14(20)18-15(17-11)12-5-4-10(16)7-13(12)19-3/h4-5,7-9H,6H2,1-3H3,(H,17,18,20). The van der Waals surface area contributed by atoms with Gasteiger partial charge in [0.1, 0.15) is 16.2 Å². The molecule has 0 amide bonds. The number of aromatic amines is 1. The highest BCUT2D eigenvalue weighted by molar-refractivity contribution is 7.71. The number of hydrogen-bond donors (Lipinski definition) is 1. The molecule has 1 N–H and O–H groups in total. The molecule has 0 unspecified atom stereocenters. The topological polar surface area (TPSA) is 37.9 Å². The minimum Gasteiger partial charge on any atom is -0.496 e. The van der Waals surface area contributed by atoms with Crippen molar-refractivity contribution in [3.8, 4) is 17.1 Å². The van der Waals surface area contributed by atoms with E-state index in [1.54, 1.807) is 13.2 Å². The Morgan fingerprint density at radius 3 is 2.75 bits per heavy atom. The molecule has 0 aliphatic carbocycles. The fourth-order valence-corrected chi connectivity index (χ4v) is 2.44. The number of H-pyrrole nitrogens is 1. The number of nitrogens with one attached hydrogen (secondary N) is 1. The molecule has 0 radical (unpaired) electrons. The summed E-state index contributed by atoms with van der Waals surface area (Å²) in [6.07, 6.45) is 0.926. The SMILES string of the molecule is COc1cc(Cl)ccc1-c1nc(=S)cc(CC(C)C)[nH]1. The van der Waals surface area contributed by atoms with E-state index in [4.69, 9.17) is 28.6 Å². The molecule has 1 aromatic heterocycles. The Morgan fingerprint density at radius 2 is 2.10 bits per heavy atom. The highest BCUT2D eigenvalue weighted by Gasteiger charge is 2.10. The minimum absolute atomic E-state index is 0.544. The number of halogens is 1. The summed E-state index contributed by atoms with van der Waals surface area (Å²) in [5.41, 5.74) is 1.93. The Labute approximate surface area is 129 Å². The molecule has 0 aliphatic heterocycles. The quantitative estimate of drug-likeness (QED) is 0.834. The summed E-state index contributed by atoms with van der Waals surface area (Å²) < 4.78 is 5.94. The van der Waals surface area contributed by atoms with E-state index in [0.29, 0.717) is 27.2 Å². The number of methoxy groups -OCH3 is 1. The van der Waals surface area contributed by atoms with Crippen LogP contribution in [-0.4, -0.2) is 17.1 Å². The maximum Gasteiger partial charge on any atom is 0.142 e. The summed E-state index contributed by atoms with van der Waals surface area (Å²) in [5, 5.41) is 0.627. The molecule has 0 saturated carbocycles. The smallest absolute Gasteiger partial charge is 0.142 e. The van der Waals surface area contributed by atoms with Crippen molar-refractivity contribution in [1.82, 2.24) is 9.97 Å². The van der Waals surface area contributed by atoms with Crippen LogP contribution in [0.2, 0.25) is 5.02 Å². The molecule has 2 rings (SSSR count). The minimum atomic E-state index is 0.544. The summed E-state index contributed by atoms with van der Waals surface area (Å²) in [7, 11) is 1.61. The van der Waals surface area contributed by atoms with Crippen molar-refractivity contribution in [1.29, 1.82) is 0 Å². The zero-order valence-corrected chi connectivity index (χ0v) is 13.3. The Bertz CT molecular complexity index is 667. The molecule has 1 aromatic carbocycles. The first-order valence-corrected chi connectivity index (χ1v) is 7.22. The third-order valence-electron chi connectivity index (χ3n) is 2.85. The van der Waals surface area contributed by atoms with Gasteiger partial charge in [-0.3, -0.25) is 0 Å². The second kappa shape index (κ2) is 6.37. The van der Waals surface area contributed by atoms with Crippen molar-refractivity contribution >= 4 is 23.8 Å². The largest absolute Gasteiger partial charge is 0.496 e. The van der Waals surface area contributed by atoms with E-state index in [-0.39, 0.29) is 0 Å². The van der Waals surface area contributed by atoms with Crippen LogP contribution >= 0.6 is 23.8 Å². The van der Waals surface area contributed by atoms with E-state index in [9.17, 15) is 0 Å². The number of rotatable bonds is 4. The van der Waals surface area contributed by atoms with Gasteiger partial charge in [0.15, 0.2) is 0 Å². The molecule has 20 heavy (non-hydrogen) atoms. The van der Waals surface area contributed by atoms with Crippen LogP contribution in [0.15, 0.2) is 24.3 Å². The molecule has 0 saturated heterocycles. The molecule has 106 valence electrons. The third kappa shape index (κ3) is 3.58. The van der Waals surface area contributed by atoms with Crippen LogP contribution in [0.5, 0.6) is 5.75 Å². The first-order valence-electron chi connectivity index (χ1n) is 6.43. The van der Waals surface area contributed by atoms with Gasteiger partial charge in [0.2, 0.25) is 0 Å². The average molecular weight is 309 g/mol. The molecule has 2 aromatic rings. The van der Waals surface area contributed by atoms with Crippen LogP contribution in [0, 0.1) is 10.6 Å². The first-order chi connectivity index (χ1) is 9.49. The lowest BCUT2D eigenvalue weighted by atomic mass is 10.1. The van der Waals surface area contributed by atoms with Crippen LogP contribution in [-0.2, 0) is 6.42 Å². The van der Waals surface area contributed by atoms with Gasteiger partial charge >= 0.3 is 0 Å². The van der Waals surface area contributed by atoms with E-state index in [0.717, 1.165) is 17.7 Å². The fourth-order valence-electron chi connectivity index (χ4n) is 2.05. The van der Waals surface area contributed by atoms with Crippen molar-refractivity contribution in [3.63, 3.8) is 0 Å². The van der Waals surface area contributed by atoms with Gasteiger partial charge in [-0.25, -0.2) is 4.98 Å². The normalized spacial score (nSPS) is 10.8. The lowest BCUT2D eigenvalue weighted by molar-refractivity contribution is 0.416. The van der Waals surface area contributed by atoms with Crippen LogP contribution in [0.1, 0.15) is 19.5 Å². The summed E-state index contributed by atoms with van der Waals surface area (Å²) in [4.78, 5) is 7.71. The van der Waals surface area contributed by atoms with Gasteiger partial charge in [-0.15, -0.1) is 0 Å². The van der Waals surface area contributed by atoms with Gasteiger partial charge in [0, 0.05) is 10.7 Å².